The fourth-order valence-electron chi connectivity index (χ4n) is 6.60. The number of ether oxygens (including phenoxy) is 2. The van der Waals surface area contributed by atoms with Gasteiger partial charge in [-0.2, -0.15) is 0 Å². The molecule has 1 saturated carbocycles. The van der Waals surface area contributed by atoms with Gasteiger partial charge in [-0.25, -0.2) is 0 Å². The third-order valence-electron chi connectivity index (χ3n) is 8.90. The van der Waals surface area contributed by atoms with Gasteiger partial charge in [-0.1, -0.05) is 59.8 Å². The van der Waals surface area contributed by atoms with Gasteiger partial charge in [0.25, 0.3) is 5.09 Å². The summed E-state index contributed by atoms with van der Waals surface area (Å²) in [5.74, 6) is 1.35. The van der Waals surface area contributed by atoms with Gasteiger partial charge in [-0.15, -0.1) is 10.1 Å². The zero-order chi connectivity index (χ0) is 29.5. The van der Waals surface area contributed by atoms with Crippen LogP contribution in [0.5, 0.6) is 11.5 Å². The first kappa shape index (κ1) is 31.9. The minimum atomic E-state index is -0.745. The summed E-state index contributed by atoms with van der Waals surface area (Å²) in [5.41, 5.74) is 1.28. The average molecular weight is 560 g/mol. The number of benzene rings is 1. The molecular formula is C32H49NO7. The molecule has 0 saturated heterocycles. The Balaban J connectivity index is 1.91. The van der Waals surface area contributed by atoms with Gasteiger partial charge in [0.1, 0.15) is 22.9 Å². The summed E-state index contributed by atoms with van der Waals surface area (Å²) in [7, 11) is 0. The molecule has 1 aromatic carbocycles. The number of fused-ring (bicyclic) bond motifs is 3. The number of rotatable bonds is 15. The highest BCUT2D eigenvalue weighted by Crippen LogP contribution is 2.55. The summed E-state index contributed by atoms with van der Waals surface area (Å²) in [4.78, 5) is 40.8. The molecule has 40 heavy (non-hydrogen) atoms. The van der Waals surface area contributed by atoms with Gasteiger partial charge >= 0.3 is 5.97 Å². The van der Waals surface area contributed by atoms with E-state index < -0.39 is 10.7 Å². The van der Waals surface area contributed by atoms with E-state index >= 15 is 0 Å². The summed E-state index contributed by atoms with van der Waals surface area (Å²) >= 11 is 0. The van der Waals surface area contributed by atoms with Crippen LogP contribution in [0.4, 0.5) is 0 Å². The smallest absolute Gasteiger partial charge is 0.314 e. The summed E-state index contributed by atoms with van der Waals surface area (Å²) in [6.45, 7) is 12.9. The van der Waals surface area contributed by atoms with E-state index in [2.05, 4.69) is 52.4 Å². The van der Waals surface area contributed by atoms with E-state index in [1.165, 1.54) is 0 Å². The lowest BCUT2D eigenvalue weighted by Gasteiger charge is -2.47. The Morgan fingerprint density at radius 2 is 1.82 bits per heavy atom. The highest BCUT2D eigenvalue weighted by Gasteiger charge is 2.48. The summed E-state index contributed by atoms with van der Waals surface area (Å²) in [5, 5.41) is 9.59. The Hall–Kier alpha value is -2.64. The molecule has 1 fully saturated rings. The number of hydrogen-bond donors (Lipinski definition) is 0. The van der Waals surface area contributed by atoms with Crippen LogP contribution in [0.1, 0.15) is 136 Å². The van der Waals surface area contributed by atoms with Gasteiger partial charge < -0.3 is 14.3 Å². The molecule has 8 heteroatoms. The Morgan fingerprint density at radius 3 is 2.48 bits per heavy atom. The van der Waals surface area contributed by atoms with Crippen molar-refractivity contribution in [3.63, 3.8) is 0 Å². The van der Waals surface area contributed by atoms with Crippen LogP contribution in [-0.2, 0) is 19.8 Å². The predicted octanol–water partition coefficient (Wildman–Crippen LogP) is 7.87. The molecule has 1 aliphatic heterocycles. The highest BCUT2D eigenvalue weighted by molar-refractivity contribution is 5.81. The van der Waals surface area contributed by atoms with E-state index in [-0.39, 0.29) is 41.5 Å². The molecule has 0 radical (unpaired) electrons. The third-order valence-corrected chi connectivity index (χ3v) is 8.90. The molecule has 1 aliphatic carbocycles. The molecule has 1 aromatic rings. The second kappa shape index (κ2) is 13.8. The summed E-state index contributed by atoms with van der Waals surface area (Å²) in [6.07, 6.45) is 9.53. The number of ketones is 1. The predicted molar refractivity (Wildman–Crippen MR) is 154 cm³/mol. The zero-order valence-corrected chi connectivity index (χ0v) is 25.4. The van der Waals surface area contributed by atoms with Gasteiger partial charge in [0.05, 0.1) is 12.5 Å². The molecule has 8 nitrogen and oxygen atoms in total. The standard InChI is InChI=1S/C32H49NO7/c1-7-13-22(14-8-2)30(35)39-27-19-23(31(3,4)17-11-9-10-12-18-38-33(36)37)20-28-29(27)25-21-24(34)15-16-26(25)32(5,6)40-28/h19-20,22,25-26H,7-18,21H2,1-6H3/t25-,26-/m1/s1. The van der Waals surface area contributed by atoms with Crippen molar-refractivity contribution in [1.29, 1.82) is 0 Å². The number of hydrogen-bond acceptors (Lipinski definition) is 7. The van der Waals surface area contributed by atoms with E-state index in [1.807, 2.05) is 6.07 Å². The lowest BCUT2D eigenvalue weighted by atomic mass is 9.66. The largest absolute Gasteiger partial charge is 0.487 e. The molecule has 0 unspecified atom stereocenters. The first-order valence-corrected chi connectivity index (χ1v) is 15.3. The Bertz CT molecular complexity index is 1040. The normalized spacial score (nSPS) is 19.9. The van der Waals surface area contributed by atoms with Crippen molar-refractivity contribution in [3.8, 4) is 11.5 Å². The van der Waals surface area contributed by atoms with Crippen LogP contribution in [0.2, 0.25) is 0 Å². The van der Waals surface area contributed by atoms with Crippen molar-refractivity contribution >= 4 is 11.8 Å². The summed E-state index contributed by atoms with van der Waals surface area (Å²) in [6, 6.07) is 4.12. The van der Waals surface area contributed by atoms with E-state index in [1.54, 1.807) is 0 Å². The molecule has 2 aliphatic rings. The summed E-state index contributed by atoms with van der Waals surface area (Å²) < 4.78 is 12.9. The van der Waals surface area contributed by atoms with E-state index in [0.29, 0.717) is 25.0 Å². The average Bonchev–Trinajstić information content (AvgIpc) is 2.86. The molecule has 0 N–H and O–H groups in total. The SMILES string of the molecule is CCCC(CCC)C(=O)Oc1cc(C(C)(C)CCCCCCO[N+](=O)[O-])cc2c1[C@@H]1CC(=O)CC[C@H]1C(C)(C)O2. The maximum absolute atomic E-state index is 13.4. The number of carbonyl (C=O) groups excluding carboxylic acids is 2. The zero-order valence-electron chi connectivity index (χ0n) is 25.4. The molecular weight excluding hydrogens is 510 g/mol. The molecule has 0 amide bonds. The van der Waals surface area contributed by atoms with Gasteiger partial charge in [0.15, 0.2) is 0 Å². The number of esters is 1. The van der Waals surface area contributed by atoms with Crippen LogP contribution in [0.25, 0.3) is 0 Å². The fraction of sp³-hybridized carbons (Fsp3) is 0.750. The first-order chi connectivity index (χ1) is 18.9. The number of carbonyl (C=O) groups is 2. The number of nitrogens with zero attached hydrogens (tertiary/aromatic N) is 1. The number of Topliss-reactive ketones (excluding diaryl/α,β-unsaturated/α-hetero) is 1. The molecule has 0 aromatic heterocycles. The maximum Gasteiger partial charge on any atom is 0.314 e. The van der Waals surface area contributed by atoms with Crippen LogP contribution in [0, 0.1) is 22.0 Å². The second-order valence-corrected chi connectivity index (χ2v) is 12.9. The van der Waals surface area contributed by atoms with Gasteiger partial charge in [-0.3, -0.25) is 9.59 Å². The van der Waals surface area contributed by atoms with Crippen molar-refractivity contribution in [1.82, 2.24) is 0 Å². The maximum atomic E-state index is 13.4. The molecule has 224 valence electrons. The van der Waals surface area contributed by atoms with Crippen molar-refractivity contribution in [2.45, 2.75) is 136 Å². The molecule has 3 rings (SSSR count). The quantitative estimate of drug-likeness (QED) is 0.0708. The van der Waals surface area contributed by atoms with Gasteiger partial charge in [-0.05, 0) is 69.1 Å². The van der Waals surface area contributed by atoms with Crippen molar-refractivity contribution in [2.75, 3.05) is 6.61 Å². The van der Waals surface area contributed by atoms with E-state index in [4.69, 9.17) is 9.47 Å². The minimum absolute atomic E-state index is 0.0304. The minimum Gasteiger partial charge on any atom is -0.487 e. The lowest BCUT2D eigenvalue weighted by molar-refractivity contribution is -0.757. The van der Waals surface area contributed by atoms with Crippen molar-refractivity contribution in [2.24, 2.45) is 11.8 Å². The molecule has 2 atom stereocenters. The van der Waals surface area contributed by atoms with Crippen molar-refractivity contribution < 1.29 is 29.0 Å². The van der Waals surface area contributed by atoms with Crippen LogP contribution in [0.3, 0.4) is 0 Å². The molecule has 1 heterocycles. The highest BCUT2D eigenvalue weighted by atomic mass is 16.9. The molecule has 0 bridgehead atoms. The van der Waals surface area contributed by atoms with Crippen LogP contribution in [0.15, 0.2) is 12.1 Å². The second-order valence-electron chi connectivity index (χ2n) is 12.9. The van der Waals surface area contributed by atoms with Crippen LogP contribution < -0.4 is 9.47 Å². The Labute approximate surface area is 239 Å². The monoisotopic (exact) mass is 559 g/mol. The van der Waals surface area contributed by atoms with Gasteiger partial charge in [0.2, 0.25) is 0 Å². The van der Waals surface area contributed by atoms with Crippen LogP contribution in [-0.4, -0.2) is 29.0 Å². The number of unbranched alkanes of at least 4 members (excludes halogenated alkanes) is 3. The van der Waals surface area contributed by atoms with Gasteiger partial charge in [0, 0.05) is 30.2 Å². The van der Waals surface area contributed by atoms with E-state index in [9.17, 15) is 19.7 Å². The van der Waals surface area contributed by atoms with Crippen LogP contribution >= 0.6 is 0 Å². The lowest BCUT2D eigenvalue weighted by Crippen LogP contribution is -2.47. The van der Waals surface area contributed by atoms with Crippen molar-refractivity contribution in [3.05, 3.63) is 33.4 Å². The Morgan fingerprint density at radius 1 is 1.15 bits per heavy atom. The topological polar surface area (TPSA) is 105 Å². The fourth-order valence-corrected chi connectivity index (χ4v) is 6.60. The molecule has 0 spiro atoms. The Kier molecular flexibility index (Phi) is 11.0. The third kappa shape index (κ3) is 7.97. The first-order valence-electron chi connectivity index (χ1n) is 15.3. The van der Waals surface area contributed by atoms with E-state index in [0.717, 1.165) is 74.7 Å².